The Morgan fingerprint density at radius 2 is 1.73 bits per heavy atom. The Hall–Kier alpha value is -2.67. The monoisotopic (exact) mass is 470 g/mol. The molecular formula is C26H38N4O2S. The highest BCUT2D eigenvalue weighted by Gasteiger charge is 2.31. The summed E-state index contributed by atoms with van der Waals surface area (Å²) in [5.74, 6) is 0.213. The van der Waals surface area contributed by atoms with E-state index in [1.807, 2.05) is 36.1 Å². The minimum atomic E-state index is -0.591. The zero-order chi connectivity index (χ0) is 24.4. The molecule has 4 N–H and O–H groups in total. The smallest absolute Gasteiger partial charge is 0.315 e. The predicted octanol–water partition coefficient (Wildman–Crippen LogP) is 5.20. The van der Waals surface area contributed by atoms with E-state index in [-0.39, 0.29) is 23.9 Å². The fourth-order valence-corrected chi connectivity index (χ4v) is 4.65. The molecule has 7 heteroatoms. The Morgan fingerprint density at radius 1 is 1.06 bits per heavy atom. The van der Waals surface area contributed by atoms with Crippen LogP contribution in [0.3, 0.4) is 0 Å². The summed E-state index contributed by atoms with van der Waals surface area (Å²) < 4.78 is 0. The highest BCUT2D eigenvalue weighted by Crippen LogP contribution is 2.32. The van der Waals surface area contributed by atoms with Gasteiger partial charge in [0.15, 0.2) is 0 Å². The number of rotatable bonds is 11. The van der Waals surface area contributed by atoms with E-state index in [2.05, 4.69) is 49.8 Å². The SMILES string of the molecule is CCC(c1ccccc1SC)N(CC)C(=O)C(CC(C)C)NC(=O)NCc1ccc(N)cc1. The molecule has 0 aliphatic rings. The molecule has 0 saturated heterocycles. The van der Waals surface area contributed by atoms with Gasteiger partial charge in [0.25, 0.3) is 0 Å². The maximum Gasteiger partial charge on any atom is 0.315 e. The molecule has 0 aromatic heterocycles. The molecule has 2 atom stereocenters. The molecule has 0 heterocycles. The predicted molar refractivity (Wildman–Crippen MR) is 138 cm³/mol. The number of hydrogen-bond acceptors (Lipinski definition) is 4. The lowest BCUT2D eigenvalue weighted by atomic mass is 9.98. The molecule has 2 aromatic carbocycles. The van der Waals surface area contributed by atoms with E-state index in [0.717, 1.165) is 17.5 Å². The van der Waals surface area contributed by atoms with E-state index in [4.69, 9.17) is 5.73 Å². The molecular weight excluding hydrogens is 432 g/mol. The quantitative estimate of drug-likeness (QED) is 0.311. The zero-order valence-corrected chi connectivity index (χ0v) is 21.2. The summed E-state index contributed by atoms with van der Waals surface area (Å²) in [5, 5.41) is 5.79. The first-order valence-corrected chi connectivity index (χ1v) is 12.8. The Balaban J connectivity index is 2.17. The average molecular weight is 471 g/mol. The molecule has 0 bridgehead atoms. The van der Waals surface area contributed by atoms with Crippen LogP contribution in [0.15, 0.2) is 53.4 Å². The topological polar surface area (TPSA) is 87.5 Å². The van der Waals surface area contributed by atoms with Crippen LogP contribution in [0.1, 0.15) is 57.7 Å². The highest BCUT2D eigenvalue weighted by atomic mass is 32.2. The van der Waals surface area contributed by atoms with Crippen molar-refractivity contribution in [2.75, 3.05) is 18.5 Å². The third-order valence-corrected chi connectivity index (χ3v) is 6.44. The molecule has 0 aliphatic carbocycles. The molecule has 33 heavy (non-hydrogen) atoms. The zero-order valence-electron chi connectivity index (χ0n) is 20.4. The third kappa shape index (κ3) is 7.70. The van der Waals surface area contributed by atoms with Gasteiger partial charge in [0, 0.05) is 23.7 Å². The van der Waals surface area contributed by atoms with Crippen LogP contribution in [-0.2, 0) is 11.3 Å². The molecule has 0 aliphatic heterocycles. The van der Waals surface area contributed by atoms with Gasteiger partial charge in [-0.1, -0.05) is 51.1 Å². The molecule has 0 saturated carbocycles. The van der Waals surface area contributed by atoms with Gasteiger partial charge < -0.3 is 21.3 Å². The molecule has 6 nitrogen and oxygen atoms in total. The van der Waals surface area contributed by atoms with Crippen molar-refractivity contribution in [2.24, 2.45) is 5.92 Å². The van der Waals surface area contributed by atoms with Gasteiger partial charge in [-0.25, -0.2) is 4.79 Å². The number of amides is 3. The van der Waals surface area contributed by atoms with E-state index < -0.39 is 6.04 Å². The normalized spacial score (nSPS) is 12.8. The van der Waals surface area contributed by atoms with Gasteiger partial charge in [-0.05, 0) is 61.3 Å². The van der Waals surface area contributed by atoms with Crippen molar-refractivity contribution < 1.29 is 9.59 Å². The van der Waals surface area contributed by atoms with Crippen molar-refractivity contribution in [3.63, 3.8) is 0 Å². The lowest BCUT2D eigenvalue weighted by Crippen LogP contribution is -2.52. The van der Waals surface area contributed by atoms with Crippen molar-refractivity contribution in [3.8, 4) is 0 Å². The van der Waals surface area contributed by atoms with Gasteiger partial charge in [-0.3, -0.25) is 4.79 Å². The number of nitrogens with one attached hydrogen (secondary N) is 2. The van der Waals surface area contributed by atoms with Crippen LogP contribution >= 0.6 is 11.8 Å². The number of hydrogen-bond donors (Lipinski definition) is 3. The molecule has 180 valence electrons. The maximum atomic E-state index is 13.7. The molecule has 2 aromatic rings. The highest BCUT2D eigenvalue weighted by molar-refractivity contribution is 7.98. The third-order valence-electron chi connectivity index (χ3n) is 5.63. The Bertz CT molecular complexity index is 901. The Morgan fingerprint density at radius 3 is 2.30 bits per heavy atom. The van der Waals surface area contributed by atoms with Gasteiger partial charge in [0.1, 0.15) is 6.04 Å². The van der Waals surface area contributed by atoms with Crippen LogP contribution in [0.4, 0.5) is 10.5 Å². The Kier molecular flexibility index (Phi) is 10.6. The fraction of sp³-hybridized carbons (Fsp3) is 0.462. The largest absolute Gasteiger partial charge is 0.399 e. The molecule has 2 rings (SSSR count). The molecule has 3 amide bonds. The summed E-state index contributed by atoms with van der Waals surface area (Å²) in [5.41, 5.74) is 8.50. The molecule has 0 fully saturated rings. The van der Waals surface area contributed by atoms with Crippen molar-refractivity contribution in [1.82, 2.24) is 15.5 Å². The van der Waals surface area contributed by atoms with Crippen LogP contribution in [0.5, 0.6) is 0 Å². The van der Waals surface area contributed by atoms with Crippen molar-refractivity contribution >= 4 is 29.4 Å². The number of nitrogens with two attached hydrogens (primary N) is 1. The Labute approximate surface area is 202 Å². The number of carbonyl (C=O) groups excluding carboxylic acids is 2. The van der Waals surface area contributed by atoms with Crippen LogP contribution in [0, 0.1) is 5.92 Å². The average Bonchev–Trinajstić information content (AvgIpc) is 2.81. The first-order valence-electron chi connectivity index (χ1n) is 11.6. The lowest BCUT2D eigenvalue weighted by Gasteiger charge is -2.35. The second-order valence-electron chi connectivity index (χ2n) is 8.54. The molecule has 0 spiro atoms. The second kappa shape index (κ2) is 13.1. The van der Waals surface area contributed by atoms with Crippen LogP contribution in [-0.4, -0.2) is 35.7 Å². The number of benzene rings is 2. The van der Waals surface area contributed by atoms with Crippen LogP contribution < -0.4 is 16.4 Å². The van der Waals surface area contributed by atoms with Gasteiger partial charge in [-0.15, -0.1) is 11.8 Å². The van der Waals surface area contributed by atoms with Crippen molar-refractivity contribution in [3.05, 3.63) is 59.7 Å². The number of carbonyl (C=O) groups is 2. The van der Waals surface area contributed by atoms with Gasteiger partial charge >= 0.3 is 6.03 Å². The lowest BCUT2D eigenvalue weighted by molar-refractivity contribution is -0.136. The van der Waals surface area contributed by atoms with E-state index in [1.54, 1.807) is 23.9 Å². The summed E-state index contributed by atoms with van der Waals surface area (Å²) in [7, 11) is 0. The van der Waals surface area contributed by atoms with Crippen molar-refractivity contribution in [1.29, 1.82) is 0 Å². The summed E-state index contributed by atoms with van der Waals surface area (Å²) in [6.45, 7) is 9.15. The summed E-state index contributed by atoms with van der Waals surface area (Å²) in [6, 6.07) is 14.6. The standard InChI is InChI=1S/C26H38N4O2S/c1-6-23(21-10-8-9-11-24(21)33-5)30(7-2)25(31)22(16-18(3)4)29-26(32)28-17-19-12-14-20(27)15-13-19/h8-15,18,22-23H,6-7,16-17,27H2,1-5H3,(H2,28,29,32). The maximum absolute atomic E-state index is 13.7. The number of anilines is 1. The minimum absolute atomic E-state index is 0.0412. The summed E-state index contributed by atoms with van der Waals surface area (Å²) in [6.07, 6.45) is 3.43. The van der Waals surface area contributed by atoms with E-state index in [9.17, 15) is 9.59 Å². The van der Waals surface area contributed by atoms with E-state index >= 15 is 0 Å². The van der Waals surface area contributed by atoms with Crippen molar-refractivity contribution in [2.45, 2.75) is 64.1 Å². The number of nitrogen functional groups attached to an aromatic ring is 1. The molecule has 2 unspecified atom stereocenters. The number of thioether (sulfide) groups is 1. The number of nitrogens with zero attached hydrogens (tertiary/aromatic N) is 1. The van der Waals surface area contributed by atoms with Crippen LogP contribution in [0.2, 0.25) is 0 Å². The first kappa shape index (κ1) is 26.6. The van der Waals surface area contributed by atoms with Gasteiger partial charge in [0.2, 0.25) is 5.91 Å². The minimum Gasteiger partial charge on any atom is -0.399 e. The molecule has 0 radical (unpaired) electrons. The summed E-state index contributed by atoms with van der Waals surface area (Å²) in [4.78, 5) is 29.4. The fourth-order valence-electron chi connectivity index (χ4n) is 4.00. The van der Waals surface area contributed by atoms with Crippen LogP contribution in [0.25, 0.3) is 0 Å². The summed E-state index contributed by atoms with van der Waals surface area (Å²) >= 11 is 1.69. The number of likely N-dealkylation sites (N-methyl/N-ethyl adjacent to an activating group) is 1. The van der Waals surface area contributed by atoms with E-state index in [1.165, 1.54) is 4.90 Å². The first-order chi connectivity index (χ1) is 15.8. The van der Waals surface area contributed by atoms with E-state index in [0.29, 0.717) is 25.2 Å². The van der Waals surface area contributed by atoms with Gasteiger partial charge in [-0.2, -0.15) is 0 Å². The van der Waals surface area contributed by atoms with Gasteiger partial charge in [0.05, 0.1) is 6.04 Å². The second-order valence-corrected chi connectivity index (χ2v) is 9.39. The number of urea groups is 1.